The van der Waals surface area contributed by atoms with E-state index < -0.39 is 0 Å². The number of benzene rings is 1. The summed E-state index contributed by atoms with van der Waals surface area (Å²) in [7, 11) is 1.61. The molecule has 4 N–H and O–H groups in total. The smallest absolute Gasteiger partial charge is 0.243 e. The Morgan fingerprint density at radius 1 is 1.17 bits per heavy atom. The van der Waals surface area contributed by atoms with E-state index in [4.69, 9.17) is 10.5 Å². The molecular weight excluding hydrogens is 438 g/mol. The Labute approximate surface area is 160 Å². The summed E-state index contributed by atoms with van der Waals surface area (Å²) in [4.78, 5) is 11.8. The summed E-state index contributed by atoms with van der Waals surface area (Å²) in [5.74, 6) is 0.644. The fraction of sp³-hybridized carbons (Fsp3) is 0.471. The third kappa shape index (κ3) is 8.28. The average molecular weight is 463 g/mol. The largest absolute Gasteiger partial charge is 0.494 e. The van der Waals surface area contributed by atoms with Crippen LogP contribution in [0.25, 0.3) is 6.08 Å². The van der Waals surface area contributed by atoms with Crippen LogP contribution in [0.2, 0.25) is 0 Å². The van der Waals surface area contributed by atoms with Gasteiger partial charge >= 0.3 is 0 Å². The third-order valence-corrected chi connectivity index (χ3v) is 4.47. The molecule has 1 aromatic rings. The van der Waals surface area contributed by atoms with Crippen LogP contribution in [-0.4, -0.2) is 39.2 Å². The zero-order valence-electron chi connectivity index (χ0n) is 13.9. The van der Waals surface area contributed by atoms with Crippen LogP contribution in [0.5, 0.6) is 5.75 Å². The Hall–Kier alpha value is -0.890. The number of amides is 1. The van der Waals surface area contributed by atoms with Gasteiger partial charge in [0, 0.05) is 12.6 Å². The quantitative estimate of drug-likeness (QED) is 0.349. The molecule has 1 amide bonds. The van der Waals surface area contributed by atoms with Crippen molar-refractivity contribution < 1.29 is 9.53 Å². The minimum absolute atomic E-state index is 0.0887. The summed E-state index contributed by atoms with van der Waals surface area (Å²) in [5.41, 5.74) is 6.33. The molecule has 0 aliphatic carbocycles. The number of carbonyl (C=O) groups is 1. The van der Waals surface area contributed by atoms with Gasteiger partial charge in [0.05, 0.1) is 16.1 Å². The fourth-order valence-electron chi connectivity index (χ4n) is 2.04. The van der Waals surface area contributed by atoms with Crippen molar-refractivity contribution in [2.24, 2.45) is 5.73 Å². The Morgan fingerprint density at radius 3 is 2.42 bits per heavy atom. The minimum Gasteiger partial charge on any atom is -0.494 e. The normalized spacial score (nSPS) is 11.0. The standard InChI is InChI=1S/C17H25Br2N3O2/c1-24-17-14(18)11-13(12-15(17)19)5-6-16(23)22-10-3-2-8-21-9-4-7-20/h5-6,11-12,21H,2-4,7-10,20H2,1H3,(H,22,23)/b6-5+. The van der Waals surface area contributed by atoms with Crippen LogP contribution in [0.1, 0.15) is 24.8 Å². The molecule has 0 saturated carbocycles. The van der Waals surface area contributed by atoms with E-state index in [-0.39, 0.29) is 5.91 Å². The van der Waals surface area contributed by atoms with Gasteiger partial charge in [-0.05, 0) is 94.5 Å². The van der Waals surface area contributed by atoms with Gasteiger partial charge in [-0.3, -0.25) is 4.79 Å². The highest BCUT2D eigenvalue weighted by molar-refractivity contribution is 9.11. The first-order valence-electron chi connectivity index (χ1n) is 7.98. The molecule has 0 heterocycles. The Balaban J connectivity index is 2.29. The second kappa shape index (κ2) is 12.5. The molecule has 0 unspecified atom stereocenters. The van der Waals surface area contributed by atoms with E-state index in [0.29, 0.717) is 6.54 Å². The molecular formula is C17H25Br2N3O2. The van der Waals surface area contributed by atoms with E-state index in [9.17, 15) is 4.79 Å². The van der Waals surface area contributed by atoms with Crippen LogP contribution in [0.15, 0.2) is 27.2 Å². The second-order valence-electron chi connectivity index (χ2n) is 5.24. The lowest BCUT2D eigenvalue weighted by Gasteiger charge is -2.07. The van der Waals surface area contributed by atoms with Gasteiger partial charge in [0.15, 0.2) is 0 Å². The molecule has 0 aromatic heterocycles. The number of hydrogen-bond acceptors (Lipinski definition) is 4. The van der Waals surface area contributed by atoms with Crippen molar-refractivity contribution in [1.29, 1.82) is 0 Å². The molecule has 0 radical (unpaired) electrons. The molecule has 0 spiro atoms. The average Bonchev–Trinajstić information content (AvgIpc) is 2.55. The number of nitrogens with one attached hydrogen (secondary N) is 2. The molecule has 1 aromatic carbocycles. The number of halogens is 2. The van der Waals surface area contributed by atoms with E-state index in [2.05, 4.69) is 42.5 Å². The van der Waals surface area contributed by atoms with Gasteiger partial charge in [0.1, 0.15) is 5.75 Å². The van der Waals surface area contributed by atoms with Gasteiger partial charge in [0.2, 0.25) is 5.91 Å². The summed E-state index contributed by atoms with van der Waals surface area (Å²) >= 11 is 6.89. The predicted molar refractivity (Wildman–Crippen MR) is 106 cm³/mol. The summed E-state index contributed by atoms with van der Waals surface area (Å²) in [6.07, 6.45) is 6.31. The molecule has 0 aliphatic rings. The van der Waals surface area contributed by atoms with Gasteiger partial charge in [-0.15, -0.1) is 0 Å². The first-order valence-corrected chi connectivity index (χ1v) is 9.56. The van der Waals surface area contributed by atoms with E-state index >= 15 is 0 Å². The van der Waals surface area contributed by atoms with Crippen LogP contribution in [0.4, 0.5) is 0 Å². The summed E-state index contributed by atoms with van der Waals surface area (Å²) in [6, 6.07) is 3.81. The van der Waals surface area contributed by atoms with Crippen molar-refractivity contribution in [2.75, 3.05) is 33.3 Å². The number of methoxy groups -OCH3 is 1. The van der Waals surface area contributed by atoms with Crippen molar-refractivity contribution in [3.05, 3.63) is 32.7 Å². The van der Waals surface area contributed by atoms with Crippen LogP contribution in [-0.2, 0) is 4.79 Å². The number of carbonyl (C=O) groups excluding carboxylic acids is 1. The van der Waals surface area contributed by atoms with Crippen molar-refractivity contribution in [3.63, 3.8) is 0 Å². The zero-order valence-corrected chi connectivity index (χ0v) is 17.1. The van der Waals surface area contributed by atoms with Crippen molar-refractivity contribution in [3.8, 4) is 5.75 Å². The SMILES string of the molecule is COc1c(Br)cc(/C=C/C(=O)NCCCCNCCCN)cc1Br. The van der Waals surface area contributed by atoms with E-state index in [1.165, 1.54) is 0 Å². The number of unbranched alkanes of at least 4 members (excludes halogenated alkanes) is 1. The molecule has 0 bridgehead atoms. The minimum atomic E-state index is -0.0887. The van der Waals surface area contributed by atoms with E-state index in [1.807, 2.05) is 12.1 Å². The van der Waals surface area contributed by atoms with Gasteiger partial charge in [-0.25, -0.2) is 0 Å². The molecule has 24 heavy (non-hydrogen) atoms. The van der Waals surface area contributed by atoms with E-state index in [1.54, 1.807) is 19.3 Å². The van der Waals surface area contributed by atoms with Gasteiger partial charge < -0.3 is 21.1 Å². The molecule has 0 aliphatic heterocycles. The van der Waals surface area contributed by atoms with Crippen molar-refractivity contribution >= 4 is 43.8 Å². The molecule has 0 saturated heterocycles. The first-order chi connectivity index (χ1) is 11.6. The number of nitrogens with two attached hydrogens (primary N) is 1. The predicted octanol–water partition coefficient (Wildman–Crippen LogP) is 3.07. The molecule has 134 valence electrons. The van der Waals surface area contributed by atoms with Gasteiger partial charge in [-0.2, -0.15) is 0 Å². The monoisotopic (exact) mass is 461 g/mol. The van der Waals surface area contributed by atoms with Crippen LogP contribution in [0.3, 0.4) is 0 Å². The molecule has 0 fully saturated rings. The lowest BCUT2D eigenvalue weighted by molar-refractivity contribution is -0.116. The van der Waals surface area contributed by atoms with E-state index in [0.717, 1.165) is 59.2 Å². The highest BCUT2D eigenvalue weighted by Crippen LogP contribution is 2.34. The topological polar surface area (TPSA) is 76.4 Å². The van der Waals surface area contributed by atoms with Crippen LogP contribution >= 0.6 is 31.9 Å². The molecule has 0 atom stereocenters. The Kier molecular flexibility index (Phi) is 11.0. The summed E-state index contributed by atoms with van der Waals surface area (Å²) < 4.78 is 6.92. The van der Waals surface area contributed by atoms with Crippen molar-refractivity contribution in [1.82, 2.24) is 10.6 Å². The molecule has 1 rings (SSSR count). The zero-order chi connectivity index (χ0) is 17.8. The highest BCUT2D eigenvalue weighted by Gasteiger charge is 2.06. The Morgan fingerprint density at radius 2 is 1.79 bits per heavy atom. The molecule has 7 heteroatoms. The Bertz CT molecular complexity index is 528. The number of rotatable bonds is 11. The van der Waals surface area contributed by atoms with Gasteiger partial charge in [-0.1, -0.05) is 0 Å². The summed E-state index contributed by atoms with van der Waals surface area (Å²) in [5, 5.41) is 6.20. The first kappa shape index (κ1) is 21.2. The van der Waals surface area contributed by atoms with Crippen molar-refractivity contribution in [2.45, 2.75) is 19.3 Å². The number of ether oxygens (including phenoxy) is 1. The summed E-state index contributed by atoms with van der Waals surface area (Å²) in [6.45, 7) is 3.31. The third-order valence-electron chi connectivity index (χ3n) is 3.29. The maximum Gasteiger partial charge on any atom is 0.243 e. The van der Waals surface area contributed by atoms with Crippen LogP contribution < -0.4 is 21.1 Å². The van der Waals surface area contributed by atoms with Crippen LogP contribution in [0, 0.1) is 0 Å². The maximum atomic E-state index is 11.8. The highest BCUT2D eigenvalue weighted by atomic mass is 79.9. The second-order valence-corrected chi connectivity index (χ2v) is 6.95. The fourth-order valence-corrected chi connectivity index (χ4v) is 3.59. The lowest BCUT2D eigenvalue weighted by atomic mass is 10.2. The van der Waals surface area contributed by atoms with Gasteiger partial charge in [0.25, 0.3) is 0 Å². The lowest BCUT2D eigenvalue weighted by Crippen LogP contribution is -2.24. The number of hydrogen-bond donors (Lipinski definition) is 3. The maximum absolute atomic E-state index is 11.8. The molecule has 5 nitrogen and oxygen atoms in total.